The van der Waals surface area contributed by atoms with Crippen LogP contribution in [0.2, 0.25) is 5.02 Å². The van der Waals surface area contributed by atoms with Crippen LogP contribution in [0.15, 0.2) is 36.4 Å². The molecule has 1 aliphatic heterocycles. The molecule has 210 valence electrons. The van der Waals surface area contributed by atoms with Crippen molar-refractivity contribution in [2.75, 3.05) is 58.4 Å². The van der Waals surface area contributed by atoms with E-state index in [2.05, 4.69) is 18.7 Å². The Morgan fingerprint density at radius 1 is 1.08 bits per heavy atom. The number of hydrogen-bond donors (Lipinski definition) is 0. The average molecular weight is 567 g/mol. The van der Waals surface area contributed by atoms with Crippen LogP contribution in [-0.2, 0) is 4.79 Å². The number of carbonyl (C=O) groups excluding carboxylic acids is 2. The highest BCUT2D eigenvalue weighted by Crippen LogP contribution is 2.39. The van der Waals surface area contributed by atoms with Crippen LogP contribution in [0.3, 0.4) is 0 Å². The van der Waals surface area contributed by atoms with E-state index in [9.17, 15) is 9.59 Å². The first-order valence-electron chi connectivity index (χ1n) is 13.2. The topological polar surface area (TPSA) is 62.3 Å². The zero-order valence-electron chi connectivity index (χ0n) is 23.2. The maximum atomic E-state index is 13.8. The van der Waals surface area contributed by atoms with Crippen LogP contribution < -0.4 is 14.4 Å². The zero-order valence-corrected chi connectivity index (χ0v) is 24.7. The van der Waals surface area contributed by atoms with Gasteiger partial charge >= 0.3 is 0 Å². The number of methoxy groups -OCH3 is 1. The van der Waals surface area contributed by atoms with Crippen LogP contribution in [0.5, 0.6) is 11.5 Å². The number of carbonyl (C=O) groups is 2. The minimum atomic E-state index is -0.146. The van der Waals surface area contributed by atoms with Gasteiger partial charge in [0.15, 0.2) is 0 Å². The van der Waals surface area contributed by atoms with Gasteiger partial charge in [0.05, 0.1) is 19.3 Å². The summed E-state index contributed by atoms with van der Waals surface area (Å²) in [6.07, 6.45) is 1.96. The lowest BCUT2D eigenvalue weighted by Gasteiger charge is -2.27. The molecule has 9 heteroatoms. The van der Waals surface area contributed by atoms with Gasteiger partial charge < -0.3 is 24.2 Å². The highest BCUT2D eigenvalue weighted by atomic mass is 35.5. The molecule has 0 N–H and O–H groups in total. The number of amides is 2. The fraction of sp³-hybridized carbons (Fsp3) is 0.517. The third kappa shape index (κ3) is 7.78. The minimum Gasteiger partial charge on any atom is -0.496 e. The number of likely N-dealkylation sites (N-methyl/N-ethyl adjacent to an activating group) is 2. The summed E-state index contributed by atoms with van der Waals surface area (Å²) in [5, 5.41) is 0.596. The molecular weight excluding hydrogens is 525 g/mol. The smallest absolute Gasteiger partial charge is 0.262 e. The molecule has 0 saturated carbocycles. The van der Waals surface area contributed by atoms with E-state index in [0.29, 0.717) is 48.2 Å². The summed E-state index contributed by atoms with van der Waals surface area (Å²) in [6.45, 7) is 10.7. The Labute approximate surface area is 238 Å². The molecule has 0 aromatic heterocycles. The first kappa shape index (κ1) is 31.7. The monoisotopic (exact) mass is 565 g/mol. The first-order chi connectivity index (χ1) is 17.8. The van der Waals surface area contributed by atoms with Gasteiger partial charge in [0.2, 0.25) is 5.91 Å². The number of fused-ring (bicyclic) bond motifs is 1. The molecule has 3 rings (SSSR count). The molecule has 0 radical (unpaired) electrons. The van der Waals surface area contributed by atoms with Crippen molar-refractivity contribution in [1.29, 1.82) is 0 Å². The second-order valence-corrected chi connectivity index (χ2v) is 9.78. The van der Waals surface area contributed by atoms with Crippen LogP contribution in [0.4, 0.5) is 5.69 Å². The summed E-state index contributed by atoms with van der Waals surface area (Å²) >= 11 is 6.41. The molecule has 2 aromatic carbocycles. The molecule has 0 saturated heterocycles. The summed E-state index contributed by atoms with van der Waals surface area (Å²) in [5.41, 5.74) is 2.21. The number of hydrogen-bond acceptors (Lipinski definition) is 5. The fourth-order valence-electron chi connectivity index (χ4n) is 4.87. The number of halogens is 2. The van der Waals surface area contributed by atoms with Gasteiger partial charge in [-0.25, -0.2) is 0 Å². The van der Waals surface area contributed by atoms with Crippen molar-refractivity contribution in [2.45, 2.75) is 46.0 Å². The standard InChI is InChI=1S/C29H40ClN3O4.ClH/c1-6-32(7-2)17-16-31(4)28(34)18-21-10-9-15-33(26-14-11-22(30)19-25(21)26)29(35)24-13-12-23(37-8-3)20-27(24)36-5;/h11-14,19-21H,6-10,15-18H2,1-5H3;1H. The van der Waals surface area contributed by atoms with Gasteiger partial charge in [-0.3, -0.25) is 9.59 Å². The molecule has 1 unspecified atom stereocenters. The largest absolute Gasteiger partial charge is 0.496 e. The molecule has 0 aliphatic carbocycles. The molecule has 2 amide bonds. The second-order valence-electron chi connectivity index (χ2n) is 9.34. The number of nitrogens with zero attached hydrogens (tertiary/aromatic N) is 3. The van der Waals surface area contributed by atoms with Crippen molar-refractivity contribution >= 4 is 41.5 Å². The van der Waals surface area contributed by atoms with E-state index in [1.807, 2.05) is 31.0 Å². The summed E-state index contributed by atoms with van der Waals surface area (Å²) < 4.78 is 11.1. The number of benzene rings is 2. The lowest BCUT2D eigenvalue weighted by Crippen LogP contribution is -2.36. The highest BCUT2D eigenvalue weighted by molar-refractivity contribution is 6.30. The lowest BCUT2D eigenvalue weighted by molar-refractivity contribution is -0.130. The van der Waals surface area contributed by atoms with Gasteiger partial charge in [-0.15, -0.1) is 12.4 Å². The van der Waals surface area contributed by atoms with E-state index >= 15 is 0 Å². The SMILES string of the molecule is CCOc1ccc(C(=O)N2CCCC(CC(=O)N(C)CCN(CC)CC)c3cc(Cl)ccc32)c(OC)c1.Cl. The number of anilines is 1. The van der Waals surface area contributed by atoms with E-state index in [1.54, 1.807) is 36.3 Å². The van der Waals surface area contributed by atoms with Gasteiger partial charge in [-0.05, 0) is 74.7 Å². The van der Waals surface area contributed by atoms with E-state index < -0.39 is 0 Å². The molecule has 0 bridgehead atoms. The van der Waals surface area contributed by atoms with Crippen LogP contribution in [-0.4, -0.2) is 75.1 Å². The predicted octanol–water partition coefficient (Wildman–Crippen LogP) is 5.88. The summed E-state index contributed by atoms with van der Waals surface area (Å²) in [4.78, 5) is 32.9. The maximum Gasteiger partial charge on any atom is 0.262 e. The highest BCUT2D eigenvalue weighted by Gasteiger charge is 2.30. The third-order valence-electron chi connectivity index (χ3n) is 7.11. The zero-order chi connectivity index (χ0) is 26.9. The fourth-order valence-corrected chi connectivity index (χ4v) is 5.05. The molecule has 1 atom stereocenters. The lowest BCUT2D eigenvalue weighted by atomic mass is 9.90. The van der Waals surface area contributed by atoms with Gasteiger partial charge in [-0.2, -0.15) is 0 Å². The van der Waals surface area contributed by atoms with Crippen LogP contribution in [0, 0.1) is 0 Å². The molecule has 1 aliphatic rings. The van der Waals surface area contributed by atoms with Crippen molar-refractivity contribution in [3.05, 3.63) is 52.5 Å². The second kappa shape index (κ2) is 15.2. The molecule has 0 fully saturated rings. The van der Waals surface area contributed by atoms with E-state index in [-0.39, 0.29) is 30.1 Å². The van der Waals surface area contributed by atoms with Crippen molar-refractivity contribution in [3.63, 3.8) is 0 Å². The number of rotatable bonds is 11. The van der Waals surface area contributed by atoms with E-state index in [0.717, 1.165) is 43.7 Å². The van der Waals surface area contributed by atoms with E-state index in [1.165, 1.54) is 0 Å². The molecule has 0 spiro atoms. The van der Waals surface area contributed by atoms with Crippen LogP contribution in [0.1, 0.15) is 61.9 Å². The van der Waals surface area contributed by atoms with Crippen LogP contribution in [0.25, 0.3) is 0 Å². The normalized spacial score (nSPS) is 14.8. The Morgan fingerprint density at radius 3 is 2.47 bits per heavy atom. The van der Waals surface area contributed by atoms with Crippen molar-refractivity contribution < 1.29 is 19.1 Å². The number of ether oxygens (including phenoxy) is 2. The first-order valence-corrected chi connectivity index (χ1v) is 13.6. The molecule has 38 heavy (non-hydrogen) atoms. The van der Waals surface area contributed by atoms with Gasteiger partial charge in [0, 0.05) is 49.9 Å². The summed E-state index contributed by atoms with van der Waals surface area (Å²) in [5.74, 6) is 1.07. The molecular formula is C29H41Cl2N3O4. The Bertz CT molecular complexity index is 1080. The Hall–Kier alpha value is -2.48. The quantitative estimate of drug-likeness (QED) is 0.340. The molecule has 2 aromatic rings. The van der Waals surface area contributed by atoms with Gasteiger partial charge in [0.1, 0.15) is 11.5 Å². The van der Waals surface area contributed by atoms with Crippen molar-refractivity contribution in [1.82, 2.24) is 9.80 Å². The Morgan fingerprint density at radius 2 is 1.82 bits per heavy atom. The maximum absolute atomic E-state index is 13.8. The Balaban J connectivity index is 0.00000507. The Kier molecular flexibility index (Phi) is 12.7. The van der Waals surface area contributed by atoms with E-state index in [4.69, 9.17) is 21.1 Å². The van der Waals surface area contributed by atoms with Crippen molar-refractivity contribution in [3.8, 4) is 11.5 Å². The third-order valence-corrected chi connectivity index (χ3v) is 7.34. The van der Waals surface area contributed by atoms with Gasteiger partial charge in [0.25, 0.3) is 5.91 Å². The van der Waals surface area contributed by atoms with Crippen LogP contribution >= 0.6 is 24.0 Å². The van der Waals surface area contributed by atoms with Gasteiger partial charge in [-0.1, -0.05) is 25.4 Å². The summed E-state index contributed by atoms with van der Waals surface area (Å²) in [6, 6.07) is 10.9. The van der Waals surface area contributed by atoms with Crippen molar-refractivity contribution in [2.24, 2.45) is 0 Å². The predicted molar refractivity (Wildman–Crippen MR) is 157 cm³/mol. The average Bonchev–Trinajstić information content (AvgIpc) is 3.07. The summed E-state index contributed by atoms with van der Waals surface area (Å²) in [7, 11) is 3.42. The minimum absolute atomic E-state index is 0. The molecule has 7 nitrogen and oxygen atoms in total. The molecule has 1 heterocycles.